The molecule has 0 bridgehead atoms. The fraction of sp³-hybridized carbons (Fsp3) is 0.222. The van der Waals surface area contributed by atoms with Gasteiger partial charge in [0.15, 0.2) is 0 Å². The molecular weight excluding hydrogens is 902 g/mol. The summed E-state index contributed by atoms with van der Waals surface area (Å²) >= 11 is 0. The number of hydrogen-bond donors (Lipinski definition) is 1. The number of hydrogen-bond acceptors (Lipinski definition) is 3. The standard InChI is InChI=1S/C54H52N3O.Pt/c1-33-25-35(3)51(58)47(26-33)52-56-50-45(17-14-18-49(50)57(52)44-27-34(2)36(4)46(32-44)38-15-12-11-13-16-38)40-28-41(30-43(29-40)54(8,9)10)48-31-39(23-24-55-48)37-19-21-42(22-20-37)53(5,6)7;/h11-27,29-32,58H,1-10H3;/q-1;/i2D3,4D3,5D3,6D3,7D3;. The maximum atomic E-state index is 11.8. The summed E-state index contributed by atoms with van der Waals surface area (Å²) < 4.78 is 127. The molecule has 59 heavy (non-hydrogen) atoms. The Hall–Kier alpha value is -5.57. The van der Waals surface area contributed by atoms with E-state index < -0.39 is 45.1 Å². The van der Waals surface area contributed by atoms with Crippen molar-refractivity contribution in [2.24, 2.45) is 0 Å². The van der Waals surface area contributed by atoms with E-state index in [1.807, 2.05) is 43.3 Å². The monoisotopic (exact) mass is 968 g/mol. The Morgan fingerprint density at radius 3 is 2.12 bits per heavy atom. The number of nitrogens with zero attached hydrogens (tertiary/aromatic N) is 3. The fourth-order valence-corrected chi connectivity index (χ4v) is 7.45. The molecule has 0 amide bonds. The van der Waals surface area contributed by atoms with E-state index in [-0.39, 0.29) is 54.9 Å². The summed E-state index contributed by atoms with van der Waals surface area (Å²) in [6.45, 7) is -6.05. The Kier molecular flexibility index (Phi) is 7.14. The molecule has 2 heterocycles. The molecule has 6 aromatic carbocycles. The van der Waals surface area contributed by atoms with Crippen molar-refractivity contribution in [1.29, 1.82) is 0 Å². The maximum absolute atomic E-state index is 11.8. The van der Waals surface area contributed by atoms with Crippen LogP contribution in [0.3, 0.4) is 0 Å². The first-order valence-electron chi connectivity index (χ1n) is 26.5. The number of fused-ring (bicyclic) bond motifs is 1. The maximum Gasteiger partial charge on any atom is 0.148 e. The van der Waals surface area contributed by atoms with Gasteiger partial charge in [-0.15, -0.1) is 29.3 Å². The SMILES string of the molecule is [2H]C([2H])([2H])c1cc(-n2c(-c3cc(C)cc(C)c3O)nc3c(-c4[c-]c(-c5cc(-c6ccc(C(C([2H])([2H])[2H])(C([2H])([2H])[2H])C([2H])([2H])[2H])cc6)ccn5)cc(C(C)(C)C)c4)cccc32)cc(-c2ccccc2)c1C([2H])([2H])[2H].[Pt]. The van der Waals surface area contributed by atoms with E-state index in [0.29, 0.717) is 66.9 Å². The van der Waals surface area contributed by atoms with Crippen molar-refractivity contribution in [3.8, 4) is 67.5 Å². The predicted molar refractivity (Wildman–Crippen MR) is 243 cm³/mol. The normalized spacial score (nSPS) is 16.7. The third-order valence-corrected chi connectivity index (χ3v) is 10.5. The second kappa shape index (κ2) is 15.9. The van der Waals surface area contributed by atoms with Gasteiger partial charge in [0.25, 0.3) is 0 Å². The number of benzene rings is 6. The average Bonchev–Trinajstić information content (AvgIpc) is 3.68. The van der Waals surface area contributed by atoms with E-state index >= 15 is 0 Å². The van der Waals surface area contributed by atoms with Crippen molar-refractivity contribution in [2.75, 3.05) is 0 Å². The van der Waals surface area contributed by atoms with E-state index in [9.17, 15) is 5.11 Å². The van der Waals surface area contributed by atoms with Crippen LogP contribution in [-0.4, -0.2) is 19.6 Å². The minimum atomic E-state index is -3.41. The average molecular weight is 969 g/mol. The Labute approximate surface area is 385 Å². The zero-order valence-electron chi connectivity index (χ0n) is 48.2. The number of phenols is 1. The van der Waals surface area contributed by atoms with Gasteiger partial charge in [-0.25, -0.2) is 4.98 Å². The van der Waals surface area contributed by atoms with Crippen LogP contribution in [0.2, 0.25) is 0 Å². The molecule has 0 aliphatic heterocycles. The number of aromatic nitrogens is 3. The number of imidazole rings is 1. The van der Waals surface area contributed by atoms with Gasteiger partial charge in [-0.3, -0.25) is 9.55 Å². The second-order valence-electron chi connectivity index (χ2n) is 15.9. The molecule has 0 aliphatic carbocycles. The van der Waals surface area contributed by atoms with Gasteiger partial charge in [0, 0.05) is 59.2 Å². The first-order valence-corrected chi connectivity index (χ1v) is 19.0. The molecular formula is C54H52N3OPt-. The first kappa shape index (κ1) is 26.5. The third-order valence-electron chi connectivity index (χ3n) is 10.5. The van der Waals surface area contributed by atoms with Crippen LogP contribution in [0.4, 0.5) is 0 Å². The Balaban J connectivity index is 0.00000800. The van der Waals surface area contributed by atoms with Gasteiger partial charge in [0.2, 0.25) is 0 Å². The summed E-state index contributed by atoms with van der Waals surface area (Å²) in [5, 5.41) is 11.8. The molecule has 1 N–H and O–H groups in total. The third kappa shape index (κ3) is 8.08. The number of pyridine rings is 1. The number of aromatic hydroxyl groups is 1. The summed E-state index contributed by atoms with van der Waals surface area (Å²) in [5.74, 6) is 0.225. The van der Waals surface area contributed by atoms with Crippen LogP contribution in [0.5, 0.6) is 5.75 Å². The van der Waals surface area contributed by atoms with Crippen LogP contribution in [0, 0.1) is 33.6 Å². The summed E-state index contributed by atoms with van der Waals surface area (Å²) in [6, 6.07) is 37.5. The van der Waals surface area contributed by atoms with E-state index in [4.69, 9.17) is 30.5 Å². The predicted octanol–water partition coefficient (Wildman–Crippen LogP) is 14.1. The van der Waals surface area contributed by atoms with Crippen LogP contribution < -0.4 is 0 Å². The molecule has 0 spiro atoms. The first-order chi connectivity index (χ1) is 33.7. The van der Waals surface area contributed by atoms with Gasteiger partial charge in [-0.05, 0) is 119 Å². The molecule has 0 aliphatic rings. The number of aryl methyl sites for hydroxylation is 3. The van der Waals surface area contributed by atoms with Gasteiger partial charge in [0.05, 0.1) is 16.6 Å². The Morgan fingerprint density at radius 2 is 1.41 bits per heavy atom. The van der Waals surface area contributed by atoms with Gasteiger partial charge < -0.3 is 5.11 Å². The Bertz CT molecular complexity index is 3360. The number of para-hydroxylation sites is 1. The van der Waals surface area contributed by atoms with Crippen molar-refractivity contribution in [2.45, 2.75) is 79.7 Å². The fourth-order valence-electron chi connectivity index (χ4n) is 7.45. The summed E-state index contributed by atoms with van der Waals surface area (Å²) in [6.07, 6.45) is 1.59. The molecule has 0 saturated heterocycles. The topological polar surface area (TPSA) is 50.9 Å². The minimum Gasteiger partial charge on any atom is -0.507 e. The van der Waals surface area contributed by atoms with Crippen molar-refractivity contribution in [3.63, 3.8) is 0 Å². The second-order valence-corrected chi connectivity index (χ2v) is 15.9. The smallest absolute Gasteiger partial charge is 0.148 e. The van der Waals surface area contributed by atoms with Gasteiger partial charge in [-0.1, -0.05) is 131 Å². The quantitative estimate of drug-likeness (QED) is 0.169. The molecule has 0 radical (unpaired) electrons. The molecule has 300 valence electrons. The minimum absolute atomic E-state index is 0. The molecule has 0 atom stereocenters. The zero-order valence-corrected chi connectivity index (χ0v) is 35.5. The van der Waals surface area contributed by atoms with E-state index in [1.54, 1.807) is 72.3 Å². The van der Waals surface area contributed by atoms with Gasteiger partial charge >= 0.3 is 0 Å². The van der Waals surface area contributed by atoms with Crippen molar-refractivity contribution in [3.05, 3.63) is 167 Å². The van der Waals surface area contributed by atoms with E-state index in [0.717, 1.165) is 11.1 Å². The zero-order chi connectivity index (χ0) is 53.6. The molecule has 2 aromatic heterocycles. The number of phenolic OH excluding ortho intramolecular Hbond substituents is 1. The van der Waals surface area contributed by atoms with Crippen LogP contribution in [-0.2, 0) is 31.9 Å². The molecule has 8 rings (SSSR count). The van der Waals surface area contributed by atoms with Crippen LogP contribution >= 0.6 is 0 Å². The summed E-state index contributed by atoms with van der Waals surface area (Å²) in [5.41, 5.74) is 3.55. The molecule has 8 aromatic rings. The Morgan fingerprint density at radius 1 is 0.644 bits per heavy atom. The largest absolute Gasteiger partial charge is 0.507 e. The van der Waals surface area contributed by atoms with Gasteiger partial charge in [-0.2, -0.15) is 0 Å². The van der Waals surface area contributed by atoms with Crippen molar-refractivity contribution in [1.82, 2.24) is 14.5 Å². The summed E-state index contributed by atoms with van der Waals surface area (Å²) in [7, 11) is 0. The number of rotatable bonds is 6. The van der Waals surface area contributed by atoms with Crippen molar-refractivity contribution >= 4 is 11.0 Å². The van der Waals surface area contributed by atoms with Crippen LogP contribution in [0.15, 0.2) is 128 Å². The molecule has 0 unspecified atom stereocenters. The van der Waals surface area contributed by atoms with Crippen LogP contribution in [0.1, 0.15) is 95.3 Å². The van der Waals surface area contributed by atoms with Crippen molar-refractivity contribution < 1.29 is 46.7 Å². The molecule has 0 saturated carbocycles. The summed E-state index contributed by atoms with van der Waals surface area (Å²) in [4.78, 5) is 10.0. The van der Waals surface area contributed by atoms with Crippen LogP contribution in [0.25, 0.3) is 72.7 Å². The van der Waals surface area contributed by atoms with Gasteiger partial charge in [0.1, 0.15) is 11.6 Å². The molecule has 0 fully saturated rings. The molecule has 4 nitrogen and oxygen atoms in total. The van der Waals surface area contributed by atoms with E-state index in [1.165, 1.54) is 30.3 Å². The molecule has 5 heteroatoms. The van der Waals surface area contributed by atoms with E-state index in [2.05, 4.69) is 26.8 Å².